The van der Waals surface area contributed by atoms with Gasteiger partial charge in [-0.3, -0.25) is 25.0 Å². The topological polar surface area (TPSA) is 146 Å². The summed E-state index contributed by atoms with van der Waals surface area (Å²) < 4.78 is 1.80. The van der Waals surface area contributed by atoms with Gasteiger partial charge in [0.2, 0.25) is 5.91 Å². The Bertz CT molecular complexity index is 1100. The first-order chi connectivity index (χ1) is 14.4. The third-order valence-electron chi connectivity index (χ3n) is 4.04. The molecule has 0 spiro atoms. The number of rotatable bonds is 8. The van der Waals surface area contributed by atoms with Crippen LogP contribution in [0.2, 0.25) is 0 Å². The standard InChI is InChI=1S/C18H16N6O5S/c1-2-22-17(12-6-8-14(9-7-12)23(26)27)20-21-18(22)30-11-16(25)19-13-4-3-5-15(10-13)24(28)29/h3-10H,2,11H2,1H3,(H,19,25). The minimum Gasteiger partial charge on any atom is -0.325 e. The number of nitrogens with one attached hydrogen (secondary N) is 1. The molecule has 0 aliphatic rings. The number of nitrogens with zero attached hydrogens (tertiary/aromatic N) is 5. The van der Waals surface area contributed by atoms with Crippen molar-refractivity contribution in [3.63, 3.8) is 0 Å². The van der Waals surface area contributed by atoms with Crippen molar-refractivity contribution in [1.82, 2.24) is 14.8 Å². The molecule has 30 heavy (non-hydrogen) atoms. The molecule has 0 aliphatic carbocycles. The number of non-ortho nitro benzene ring substituents is 2. The molecule has 11 nitrogen and oxygen atoms in total. The monoisotopic (exact) mass is 428 g/mol. The fraction of sp³-hybridized carbons (Fsp3) is 0.167. The van der Waals surface area contributed by atoms with E-state index in [1.807, 2.05) is 6.92 Å². The molecule has 1 amide bonds. The van der Waals surface area contributed by atoms with Gasteiger partial charge in [0.05, 0.1) is 15.6 Å². The highest BCUT2D eigenvalue weighted by Crippen LogP contribution is 2.26. The molecule has 3 aromatic rings. The number of hydrogen-bond acceptors (Lipinski definition) is 8. The summed E-state index contributed by atoms with van der Waals surface area (Å²) in [5, 5.41) is 33.0. The Morgan fingerprint density at radius 1 is 1.07 bits per heavy atom. The maximum Gasteiger partial charge on any atom is 0.271 e. The van der Waals surface area contributed by atoms with Crippen LogP contribution in [-0.4, -0.2) is 36.3 Å². The van der Waals surface area contributed by atoms with Crippen molar-refractivity contribution < 1.29 is 14.6 Å². The van der Waals surface area contributed by atoms with E-state index in [4.69, 9.17) is 0 Å². The molecule has 0 fully saturated rings. The molecule has 12 heteroatoms. The molecule has 0 radical (unpaired) electrons. The Hall–Kier alpha value is -3.80. The number of benzene rings is 2. The van der Waals surface area contributed by atoms with E-state index in [-0.39, 0.29) is 23.0 Å². The van der Waals surface area contributed by atoms with Gasteiger partial charge in [-0.05, 0) is 25.1 Å². The van der Waals surface area contributed by atoms with Gasteiger partial charge in [0, 0.05) is 42.1 Å². The first-order valence-electron chi connectivity index (χ1n) is 8.74. The summed E-state index contributed by atoms with van der Waals surface area (Å²) in [5.41, 5.74) is 0.869. The van der Waals surface area contributed by atoms with Crippen molar-refractivity contribution in [3.8, 4) is 11.4 Å². The van der Waals surface area contributed by atoms with Crippen LogP contribution in [0.1, 0.15) is 6.92 Å². The van der Waals surface area contributed by atoms with Gasteiger partial charge >= 0.3 is 0 Å². The zero-order valence-electron chi connectivity index (χ0n) is 15.7. The summed E-state index contributed by atoms with van der Waals surface area (Å²) in [6.45, 7) is 2.43. The highest BCUT2D eigenvalue weighted by Gasteiger charge is 2.16. The zero-order valence-corrected chi connectivity index (χ0v) is 16.5. The van der Waals surface area contributed by atoms with E-state index in [2.05, 4.69) is 15.5 Å². The maximum absolute atomic E-state index is 12.2. The molecule has 1 N–H and O–H groups in total. The number of carbonyl (C=O) groups is 1. The highest BCUT2D eigenvalue weighted by molar-refractivity contribution is 7.99. The van der Waals surface area contributed by atoms with Crippen LogP contribution in [0.15, 0.2) is 53.7 Å². The number of carbonyl (C=O) groups excluding carboxylic acids is 1. The average molecular weight is 428 g/mol. The number of amides is 1. The van der Waals surface area contributed by atoms with Crippen molar-refractivity contribution in [3.05, 3.63) is 68.8 Å². The summed E-state index contributed by atoms with van der Waals surface area (Å²) in [6, 6.07) is 11.7. The summed E-state index contributed by atoms with van der Waals surface area (Å²) >= 11 is 1.17. The van der Waals surface area contributed by atoms with Crippen molar-refractivity contribution in [2.45, 2.75) is 18.6 Å². The molecule has 0 unspecified atom stereocenters. The van der Waals surface area contributed by atoms with Crippen LogP contribution in [0, 0.1) is 20.2 Å². The van der Waals surface area contributed by atoms with E-state index in [9.17, 15) is 25.0 Å². The molecular formula is C18H16N6O5S. The second-order valence-corrected chi connectivity index (χ2v) is 6.94. The lowest BCUT2D eigenvalue weighted by Gasteiger charge is -2.08. The van der Waals surface area contributed by atoms with Gasteiger partial charge in [-0.15, -0.1) is 10.2 Å². The van der Waals surface area contributed by atoms with Gasteiger partial charge in [0.1, 0.15) is 0 Å². The summed E-state index contributed by atoms with van der Waals surface area (Å²) in [7, 11) is 0. The second kappa shape index (κ2) is 9.13. The molecule has 0 saturated carbocycles. The van der Waals surface area contributed by atoms with Gasteiger partial charge in [0.15, 0.2) is 11.0 Å². The Morgan fingerprint density at radius 2 is 1.77 bits per heavy atom. The first kappa shape index (κ1) is 20.9. The number of thioether (sulfide) groups is 1. The molecule has 0 bridgehead atoms. The van der Waals surface area contributed by atoms with E-state index in [1.54, 1.807) is 22.8 Å². The smallest absolute Gasteiger partial charge is 0.271 e. The Labute approximate surface area is 174 Å². The van der Waals surface area contributed by atoms with Crippen LogP contribution in [0.5, 0.6) is 0 Å². The number of nitro groups is 2. The summed E-state index contributed by atoms with van der Waals surface area (Å²) in [5.74, 6) is 0.221. The minimum absolute atomic E-state index is 0.0197. The quantitative estimate of drug-likeness (QED) is 0.326. The van der Waals surface area contributed by atoms with Crippen LogP contribution in [0.25, 0.3) is 11.4 Å². The third kappa shape index (κ3) is 4.78. The molecule has 0 atom stereocenters. The maximum atomic E-state index is 12.2. The first-order valence-corrected chi connectivity index (χ1v) is 9.72. The molecular weight excluding hydrogens is 412 g/mol. The number of nitro benzene ring substituents is 2. The lowest BCUT2D eigenvalue weighted by molar-refractivity contribution is -0.385. The molecule has 154 valence electrons. The SMILES string of the molecule is CCn1c(SCC(=O)Nc2cccc([N+](=O)[O-])c2)nnc1-c1ccc([N+](=O)[O-])cc1. The molecule has 0 aliphatic heterocycles. The molecule has 0 saturated heterocycles. The van der Waals surface area contributed by atoms with E-state index < -0.39 is 9.85 Å². The van der Waals surface area contributed by atoms with Gasteiger partial charge in [-0.1, -0.05) is 17.8 Å². The second-order valence-electron chi connectivity index (χ2n) is 6.00. The van der Waals surface area contributed by atoms with Crippen molar-refractivity contribution in [2.24, 2.45) is 0 Å². The van der Waals surface area contributed by atoms with Crippen LogP contribution in [-0.2, 0) is 11.3 Å². The van der Waals surface area contributed by atoms with Crippen LogP contribution >= 0.6 is 11.8 Å². The summed E-state index contributed by atoms with van der Waals surface area (Å²) in [6.07, 6.45) is 0. The van der Waals surface area contributed by atoms with Gasteiger partial charge < -0.3 is 9.88 Å². The van der Waals surface area contributed by atoms with Crippen LogP contribution in [0.4, 0.5) is 17.1 Å². The molecule has 2 aromatic carbocycles. The fourth-order valence-electron chi connectivity index (χ4n) is 2.65. The van der Waals surface area contributed by atoms with Crippen LogP contribution in [0.3, 0.4) is 0 Å². The Kier molecular flexibility index (Phi) is 6.37. The zero-order chi connectivity index (χ0) is 21.7. The number of anilines is 1. The molecule has 1 heterocycles. The minimum atomic E-state index is -0.534. The average Bonchev–Trinajstić information content (AvgIpc) is 3.15. The van der Waals surface area contributed by atoms with E-state index in [0.29, 0.717) is 28.8 Å². The Morgan fingerprint density at radius 3 is 2.40 bits per heavy atom. The predicted molar refractivity (Wildman–Crippen MR) is 110 cm³/mol. The largest absolute Gasteiger partial charge is 0.325 e. The van der Waals surface area contributed by atoms with Gasteiger partial charge in [0.25, 0.3) is 11.4 Å². The predicted octanol–water partition coefficient (Wildman–Crippen LogP) is 3.51. The van der Waals surface area contributed by atoms with Crippen LogP contribution < -0.4 is 5.32 Å². The summed E-state index contributed by atoms with van der Waals surface area (Å²) in [4.78, 5) is 32.8. The lowest BCUT2D eigenvalue weighted by atomic mass is 10.2. The third-order valence-corrected chi connectivity index (χ3v) is 5.01. The number of aromatic nitrogens is 3. The van der Waals surface area contributed by atoms with Crippen molar-refractivity contribution in [1.29, 1.82) is 0 Å². The number of hydrogen-bond donors (Lipinski definition) is 1. The van der Waals surface area contributed by atoms with Gasteiger partial charge in [-0.25, -0.2) is 0 Å². The van der Waals surface area contributed by atoms with E-state index in [1.165, 1.54) is 42.1 Å². The fourth-order valence-corrected chi connectivity index (χ4v) is 3.45. The van der Waals surface area contributed by atoms with Crippen molar-refractivity contribution >= 4 is 34.7 Å². The van der Waals surface area contributed by atoms with Gasteiger partial charge in [-0.2, -0.15) is 0 Å². The van der Waals surface area contributed by atoms with E-state index >= 15 is 0 Å². The molecule has 1 aromatic heterocycles. The van der Waals surface area contributed by atoms with Crippen molar-refractivity contribution in [2.75, 3.05) is 11.1 Å². The highest BCUT2D eigenvalue weighted by atomic mass is 32.2. The lowest BCUT2D eigenvalue weighted by Crippen LogP contribution is -2.14. The van der Waals surface area contributed by atoms with E-state index in [0.717, 1.165) is 0 Å². The Balaban J connectivity index is 1.68. The molecule has 3 rings (SSSR count). The normalized spacial score (nSPS) is 10.6.